The second-order valence-electron chi connectivity index (χ2n) is 12.8. The highest BCUT2D eigenvalue weighted by Gasteiger charge is 2.54. The van der Waals surface area contributed by atoms with Crippen LogP contribution < -0.4 is 10.6 Å². The molecule has 0 unspecified atom stereocenters. The minimum absolute atomic E-state index is 0.0290. The smallest absolute Gasteiger partial charge is 0.288 e. The Morgan fingerprint density at radius 2 is 1.65 bits per heavy atom. The van der Waals surface area contributed by atoms with Crippen molar-refractivity contribution in [2.75, 3.05) is 0 Å². The van der Waals surface area contributed by atoms with E-state index in [1.807, 2.05) is 0 Å². The van der Waals surface area contributed by atoms with Crippen molar-refractivity contribution in [3.63, 3.8) is 0 Å². The molecule has 5 aromatic rings. The second kappa shape index (κ2) is 14.0. The van der Waals surface area contributed by atoms with Gasteiger partial charge in [-0.2, -0.15) is 8.78 Å². The van der Waals surface area contributed by atoms with E-state index < -0.39 is 78.1 Å². The topological polar surface area (TPSA) is 102 Å². The fraction of sp³-hybridized carbons (Fsp3) is 0.237. The molecule has 0 spiro atoms. The van der Waals surface area contributed by atoms with Gasteiger partial charge >= 0.3 is 0 Å². The van der Waals surface area contributed by atoms with Gasteiger partial charge in [-0.3, -0.25) is 9.59 Å². The van der Waals surface area contributed by atoms with E-state index in [0.717, 1.165) is 12.1 Å². The van der Waals surface area contributed by atoms with Crippen molar-refractivity contribution in [2.45, 2.75) is 56.7 Å². The van der Waals surface area contributed by atoms with E-state index in [2.05, 4.69) is 37.4 Å². The van der Waals surface area contributed by atoms with Crippen LogP contribution in [0.4, 0.5) is 35.1 Å². The maximum absolute atomic E-state index is 15.2. The summed E-state index contributed by atoms with van der Waals surface area (Å²) in [5.41, 5.74) is -1.74. The molecule has 1 aliphatic carbocycles. The number of fused-ring (bicyclic) bond motifs is 2. The number of nitrogens with zero attached hydrogens (tertiary/aromatic N) is 4. The van der Waals surface area contributed by atoms with Gasteiger partial charge in [-0.15, -0.1) is 0 Å². The number of alkyl halides is 6. The summed E-state index contributed by atoms with van der Waals surface area (Å²) in [4.78, 5) is 38.8. The SMILES string of the molecule is O=C(Cn1cc(C(F)F)c2c1C(F)(F)CCC2(F)F)N[C@@H](Cc1cc(F)cc(F)c1)c1nc(C#Cc2cncnc2)ccc1-c1ccc2c(c1)C(=O)NC2. The quantitative estimate of drug-likeness (QED) is 0.128. The Bertz CT molecular complexity index is 2330. The Morgan fingerprint density at radius 3 is 2.37 bits per heavy atom. The van der Waals surface area contributed by atoms with Crippen LogP contribution in [-0.4, -0.2) is 31.3 Å². The van der Waals surface area contributed by atoms with Crippen LogP contribution in [0.1, 0.15) is 80.6 Å². The first-order valence-corrected chi connectivity index (χ1v) is 16.4. The van der Waals surface area contributed by atoms with Crippen LogP contribution in [0.3, 0.4) is 0 Å². The van der Waals surface area contributed by atoms with Crippen LogP contribution in [-0.2, 0) is 36.1 Å². The standard InChI is InChI=1S/C38H26F8N6O2/c39-24-9-21(10-25(40)13-24)11-30(51-31(53)18-52-17-29(35(41)42)32-34(52)38(45,46)8-7-37(32,43)44)33-27(22-2-3-23-16-49-36(54)28(23)12-22)6-5-26(50-33)4-1-20-14-47-19-48-15-20/h2-3,5-6,9-10,12-15,17,19,30,35H,7-8,11,16,18H2,(H,49,54)(H,51,53)/t30-/m0/s1. The average Bonchev–Trinajstić information content (AvgIpc) is 3.71. The number of carbonyl (C=O) groups is 2. The summed E-state index contributed by atoms with van der Waals surface area (Å²) in [5, 5.41) is 5.32. The Labute approximate surface area is 301 Å². The van der Waals surface area contributed by atoms with Crippen molar-refractivity contribution in [1.82, 2.24) is 30.2 Å². The molecule has 0 radical (unpaired) electrons. The maximum atomic E-state index is 15.2. The zero-order valence-electron chi connectivity index (χ0n) is 27.7. The number of pyridine rings is 1. The average molecular weight is 751 g/mol. The van der Waals surface area contributed by atoms with Gasteiger partial charge in [0.15, 0.2) is 0 Å². The fourth-order valence-electron chi connectivity index (χ4n) is 6.71. The third-order valence-electron chi connectivity index (χ3n) is 9.07. The molecule has 2 N–H and O–H groups in total. The van der Waals surface area contributed by atoms with E-state index in [1.165, 1.54) is 18.7 Å². The van der Waals surface area contributed by atoms with Gasteiger partial charge in [-0.25, -0.2) is 41.3 Å². The minimum atomic E-state index is -4.01. The van der Waals surface area contributed by atoms with Gasteiger partial charge in [0.2, 0.25) is 5.91 Å². The zero-order valence-corrected chi connectivity index (χ0v) is 27.7. The molecule has 0 saturated heterocycles. The summed E-state index contributed by atoms with van der Waals surface area (Å²) in [6.07, 6.45) is -1.99. The molecule has 1 aliphatic heterocycles. The molecule has 1 atom stereocenters. The fourth-order valence-corrected chi connectivity index (χ4v) is 6.71. The molecule has 0 bridgehead atoms. The summed E-state index contributed by atoms with van der Waals surface area (Å²) in [6, 6.07) is 9.43. The largest absolute Gasteiger partial charge is 0.348 e. The summed E-state index contributed by atoms with van der Waals surface area (Å²) >= 11 is 0. The number of halogens is 8. The van der Waals surface area contributed by atoms with Gasteiger partial charge in [0.25, 0.3) is 24.2 Å². The molecular weight excluding hydrogens is 724 g/mol. The first kappa shape index (κ1) is 36.3. The lowest BCUT2D eigenvalue weighted by molar-refractivity contribution is -0.123. The van der Waals surface area contributed by atoms with Gasteiger partial charge in [0.1, 0.15) is 30.2 Å². The second-order valence-corrected chi connectivity index (χ2v) is 12.8. The summed E-state index contributed by atoms with van der Waals surface area (Å²) in [5.74, 6) is -5.60. The summed E-state index contributed by atoms with van der Waals surface area (Å²) in [6.45, 7) is -0.807. The Hall–Kier alpha value is -6.11. The number of benzene rings is 2. The van der Waals surface area contributed by atoms with Crippen molar-refractivity contribution in [1.29, 1.82) is 0 Å². The molecule has 7 rings (SSSR count). The van der Waals surface area contributed by atoms with Crippen molar-refractivity contribution in [2.24, 2.45) is 0 Å². The van der Waals surface area contributed by atoms with E-state index in [9.17, 15) is 35.9 Å². The highest BCUT2D eigenvalue weighted by atomic mass is 19.3. The molecule has 0 fully saturated rings. The molecule has 54 heavy (non-hydrogen) atoms. The predicted octanol–water partition coefficient (Wildman–Crippen LogP) is 7.28. The van der Waals surface area contributed by atoms with E-state index in [4.69, 9.17) is 0 Å². The van der Waals surface area contributed by atoms with Gasteiger partial charge in [-0.05, 0) is 59.4 Å². The number of hydrogen-bond acceptors (Lipinski definition) is 5. The molecule has 2 aromatic carbocycles. The Balaban J connectivity index is 1.34. The lowest BCUT2D eigenvalue weighted by Crippen LogP contribution is -2.36. The van der Waals surface area contributed by atoms with Crippen molar-refractivity contribution in [3.05, 3.63) is 136 Å². The number of nitrogens with one attached hydrogen (secondary N) is 2. The monoisotopic (exact) mass is 750 g/mol. The normalized spacial score (nSPS) is 15.8. The van der Waals surface area contributed by atoms with Gasteiger partial charge in [0, 0.05) is 60.7 Å². The van der Waals surface area contributed by atoms with Crippen molar-refractivity contribution >= 4 is 11.8 Å². The number of rotatable bonds is 8. The Kier molecular flexibility index (Phi) is 9.42. The number of amides is 2. The van der Waals surface area contributed by atoms with E-state index in [0.29, 0.717) is 51.2 Å². The maximum Gasteiger partial charge on any atom is 0.288 e. The Morgan fingerprint density at radius 1 is 0.926 bits per heavy atom. The third-order valence-corrected chi connectivity index (χ3v) is 9.07. The molecule has 3 aromatic heterocycles. The van der Waals surface area contributed by atoms with Crippen LogP contribution >= 0.6 is 0 Å². The van der Waals surface area contributed by atoms with Crippen molar-refractivity contribution < 1.29 is 44.7 Å². The van der Waals surface area contributed by atoms with E-state index in [1.54, 1.807) is 30.3 Å². The molecular formula is C38H26F8N6O2. The zero-order chi connectivity index (χ0) is 38.4. The number of aromatic nitrogens is 4. The minimum Gasteiger partial charge on any atom is -0.348 e. The molecule has 2 amide bonds. The van der Waals surface area contributed by atoms with Crippen molar-refractivity contribution in [3.8, 4) is 23.0 Å². The predicted molar refractivity (Wildman–Crippen MR) is 176 cm³/mol. The molecule has 4 heterocycles. The first-order chi connectivity index (χ1) is 25.7. The molecule has 2 aliphatic rings. The lowest BCUT2D eigenvalue weighted by atomic mass is 9.88. The van der Waals surface area contributed by atoms with Crippen LogP contribution in [0.25, 0.3) is 11.1 Å². The van der Waals surface area contributed by atoms with Crippen LogP contribution in [0.2, 0.25) is 0 Å². The molecule has 276 valence electrons. The lowest BCUT2D eigenvalue weighted by Gasteiger charge is -2.31. The first-order valence-electron chi connectivity index (χ1n) is 16.4. The molecule has 8 nitrogen and oxygen atoms in total. The highest BCUT2D eigenvalue weighted by molar-refractivity contribution is 5.99. The van der Waals surface area contributed by atoms with E-state index in [-0.39, 0.29) is 29.3 Å². The van der Waals surface area contributed by atoms with Crippen LogP contribution in [0.5, 0.6) is 0 Å². The number of hydrogen-bond donors (Lipinski definition) is 2. The van der Waals surface area contributed by atoms with Gasteiger partial charge in [-0.1, -0.05) is 18.1 Å². The third kappa shape index (κ3) is 7.26. The molecule has 16 heteroatoms. The summed E-state index contributed by atoms with van der Waals surface area (Å²) in [7, 11) is 0. The summed E-state index contributed by atoms with van der Waals surface area (Å²) < 4.78 is 117. The van der Waals surface area contributed by atoms with Crippen LogP contribution in [0, 0.1) is 23.5 Å². The van der Waals surface area contributed by atoms with Crippen LogP contribution in [0.15, 0.2) is 73.4 Å². The van der Waals surface area contributed by atoms with E-state index >= 15 is 8.78 Å². The van der Waals surface area contributed by atoms with Gasteiger partial charge in [0.05, 0.1) is 28.6 Å². The number of carbonyl (C=O) groups excluding carboxylic acids is 2. The van der Waals surface area contributed by atoms with Gasteiger partial charge < -0.3 is 15.2 Å². The highest BCUT2D eigenvalue weighted by Crippen LogP contribution is 2.53. The molecule has 0 saturated carbocycles.